The van der Waals surface area contributed by atoms with Gasteiger partial charge in [-0.25, -0.2) is 0 Å². The van der Waals surface area contributed by atoms with E-state index in [0.29, 0.717) is 0 Å². The minimum atomic E-state index is -0.0347. The Balaban J connectivity index is 1.88. The van der Waals surface area contributed by atoms with Gasteiger partial charge in [-0.2, -0.15) is 0 Å². The molecule has 0 spiro atoms. The van der Waals surface area contributed by atoms with Gasteiger partial charge in [-0.1, -0.05) is 48.0 Å². The van der Waals surface area contributed by atoms with Crippen molar-refractivity contribution in [3.8, 4) is 5.69 Å². The summed E-state index contributed by atoms with van der Waals surface area (Å²) in [6.07, 6.45) is 2.21. The van der Waals surface area contributed by atoms with Crippen LogP contribution in [0.15, 0.2) is 65.3 Å². The average molecular weight is 401 g/mol. The molecule has 0 bridgehead atoms. The third-order valence-corrected chi connectivity index (χ3v) is 6.50. The number of H-pyrrole nitrogens is 1. The molecule has 2 aromatic heterocycles. The lowest BCUT2D eigenvalue weighted by Crippen LogP contribution is -2.26. The molecule has 1 aliphatic rings. The molecule has 126 valence electrons. The third kappa shape index (κ3) is 1.62. The monoisotopic (exact) mass is 400 g/mol. The first-order chi connectivity index (χ1) is 12.6. The number of aromatic nitrogens is 2. The van der Waals surface area contributed by atoms with Gasteiger partial charge in [0.05, 0.1) is 11.0 Å². The van der Waals surface area contributed by atoms with Crippen LogP contribution in [0, 0.1) is 0 Å². The van der Waals surface area contributed by atoms with E-state index in [2.05, 4.69) is 100 Å². The van der Waals surface area contributed by atoms with Crippen LogP contribution in [0.1, 0.15) is 25.0 Å². The van der Waals surface area contributed by atoms with Crippen molar-refractivity contribution in [1.29, 1.82) is 0 Å². The van der Waals surface area contributed by atoms with Crippen molar-refractivity contribution in [3.63, 3.8) is 0 Å². The topological polar surface area (TPSA) is 20.7 Å². The van der Waals surface area contributed by atoms with E-state index in [9.17, 15) is 0 Å². The molecule has 0 atom stereocenters. The lowest BCUT2D eigenvalue weighted by molar-refractivity contribution is 0.629. The molecule has 0 unspecified atom stereocenters. The summed E-state index contributed by atoms with van der Waals surface area (Å²) < 4.78 is 3.47. The van der Waals surface area contributed by atoms with Crippen molar-refractivity contribution in [3.05, 3.63) is 76.4 Å². The molecular weight excluding hydrogens is 384 g/mol. The number of para-hydroxylation sites is 1. The summed E-state index contributed by atoms with van der Waals surface area (Å²) in [7, 11) is 0. The number of fused-ring (bicyclic) bond motifs is 6. The largest absolute Gasteiger partial charge is 0.354 e. The number of benzene rings is 3. The zero-order valence-electron chi connectivity index (χ0n) is 14.6. The molecule has 0 saturated heterocycles. The maximum absolute atomic E-state index is 3.65. The van der Waals surface area contributed by atoms with Gasteiger partial charge in [0.1, 0.15) is 0 Å². The molecule has 3 heteroatoms. The van der Waals surface area contributed by atoms with Gasteiger partial charge in [-0.05, 0) is 47.5 Å². The van der Waals surface area contributed by atoms with E-state index < -0.39 is 0 Å². The Bertz CT molecular complexity index is 1370. The minimum absolute atomic E-state index is 0.0347. The molecule has 1 aliphatic heterocycles. The Hall–Kier alpha value is -2.52. The number of hydrogen-bond acceptors (Lipinski definition) is 0. The summed E-state index contributed by atoms with van der Waals surface area (Å²) >= 11 is 3.63. The van der Waals surface area contributed by atoms with Gasteiger partial charge >= 0.3 is 0 Å². The molecule has 0 fully saturated rings. The molecule has 3 heterocycles. The van der Waals surface area contributed by atoms with Gasteiger partial charge < -0.3 is 9.55 Å². The Morgan fingerprint density at radius 2 is 1.73 bits per heavy atom. The van der Waals surface area contributed by atoms with Crippen molar-refractivity contribution < 1.29 is 0 Å². The molecule has 2 nitrogen and oxygen atoms in total. The highest BCUT2D eigenvalue weighted by molar-refractivity contribution is 9.10. The Morgan fingerprint density at radius 3 is 2.62 bits per heavy atom. The highest BCUT2D eigenvalue weighted by Crippen LogP contribution is 2.47. The zero-order valence-corrected chi connectivity index (χ0v) is 16.2. The van der Waals surface area contributed by atoms with Crippen molar-refractivity contribution in [1.82, 2.24) is 9.55 Å². The number of aromatic amines is 1. The van der Waals surface area contributed by atoms with E-state index in [1.807, 2.05) is 0 Å². The zero-order chi connectivity index (χ0) is 17.6. The maximum Gasteiger partial charge on any atom is 0.0590 e. The van der Waals surface area contributed by atoms with Crippen LogP contribution < -0.4 is 0 Å². The number of halogens is 1. The summed E-state index contributed by atoms with van der Waals surface area (Å²) in [4.78, 5) is 3.65. The van der Waals surface area contributed by atoms with E-state index in [1.165, 1.54) is 49.5 Å². The fourth-order valence-corrected chi connectivity index (χ4v) is 5.06. The van der Waals surface area contributed by atoms with Gasteiger partial charge in [0.2, 0.25) is 0 Å². The van der Waals surface area contributed by atoms with Crippen LogP contribution in [0.4, 0.5) is 0 Å². The van der Waals surface area contributed by atoms with E-state index in [0.717, 1.165) is 4.47 Å². The molecule has 0 saturated carbocycles. The highest BCUT2D eigenvalue weighted by Gasteiger charge is 2.34. The number of nitrogens with one attached hydrogen (secondary N) is 1. The SMILES string of the molecule is CC1(C)c2ccccc2-n2ccc3c4[nH]c5ccc(Br)cc5c4cc1c32. The van der Waals surface area contributed by atoms with Crippen molar-refractivity contribution in [2.75, 3.05) is 0 Å². The van der Waals surface area contributed by atoms with E-state index >= 15 is 0 Å². The second-order valence-corrected chi connectivity index (χ2v) is 8.67. The number of nitrogens with zero attached hydrogens (tertiary/aromatic N) is 1. The van der Waals surface area contributed by atoms with Crippen molar-refractivity contribution in [2.24, 2.45) is 0 Å². The van der Waals surface area contributed by atoms with Gasteiger partial charge in [0.25, 0.3) is 0 Å². The van der Waals surface area contributed by atoms with Crippen molar-refractivity contribution >= 4 is 48.6 Å². The normalized spacial score (nSPS) is 15.0. The Morgan fingerprint density at radius 1 is 0.885 bits per heavy atom. The fraction of sp³-hybridized carbons (Fsp3) is 0.130. The van der Waals surface area contributed by atoms with E-state index in [-0.39, 0.29) is 5.41 Å². The summed E-state index contributed by atoms with van der Waals surface area (Å²) in [5, 5.41) is 3.87. The first kappa shape index (κ1) is 14.6. The van der Waals surface area contributed by atoms with Crippen LogP contribution in [0.5, 0.6) is 0 Å². The van der Waals surface area contributed by atoms with E-state index in [1.54, 1.807) is 0 Å². The van der Waals surface area contributed by atoms with Crippen LogP contribution in [-0.4, -0.2) is 9.55 Å². The molecule has 3 aromatic carbocycles. The third-order valence-electron chi connectivity index (χ3n) is 6.01. The van der Waals surface area contributed by atoms with Crippen LogP contribution >= 0.6 is 15.9 Å². The molecule has 26 heavy (non-hydrogen) atoms. The highest BCUT2D eigenvalue weighted by atomic mass is 79.9. The van der Waals surface area contributed by atoms with Gasteiger partial charge in [0.15, 0.2) is 0 Å². The lowest BCUT2D eigenvalue weighted by atomic mass is 9.74. The Kier molecular flexibility index (Phi) is 2.59. The molecular formula is C23H17BrN2. The molecule has 0 amide bonds. The Labute approximate surface area is 159 Å². The number of rotatable bonds is 0. The quantitative estimate of drug-likeness (QED) is 0.299. The maximum atomic E-state index is 3.65. The summed E-state index contributed by atoms with van der Waals surface area (Å²) in [5.74, 6) is 0. The summed E-state index contributed by atoms with van der Waals surface area (Å²) in [6, 6.07) is 19.9. The van der Waals surface area contributed by atoms with E-state index in [4.69, 9.17) is 0 Å². The predicted molar refractivity (Wildman–Crippen MR) is 112 cm³/mol. The van der Waals surface area contributed by atoms with Crippen LogP contribution in [0.3, 0.4) is 0 Å². The molecule has 0 aliphatic carbocycles. The molecule has 0 radical (unpaired) electrons. The fourth-order valence-electron chi connectivity index (χ4n) is 4.70. The first-order valence-corrected chi connectivity index (χ1v) is 9.70. The van der Waals surface area contributed by atoms with Crippen molar-refractivity contribution in [2.45, 2.75) is 19.3 Å². The van der Waals surface area contributed by atoms with Gasteiger partial charge in [0, 0.05) is 43.4 Å². The standard InChI is InChI=1S/C23H17BrN2/c1-23(2)17-5-3-4-6-20(17)26-10-9-14-21-16(12-18(23)22(14)26)15-11-13(24)7-8-19(15)25-21/h3-12,25H,1-2H3. The smallest absolute Gasteiger partial charge is 0.0590 e. The summed E-state index contributed by atoms with van der Waals surface area (Å²) in [6.45, 7) is 4.68. The van der Waals surface area contributed by atoms with Crippen LogP contribution in [-0.2, 0) is 5.41 Å². The lowest BCUT2D eigenvalue weighted by Gasteiger charge is -2.34. The second-order valence-electron chi connectivity index (χ2n) is 7.75. The summed E-state index contributed by atoms with van der Waals surface area (Å²) in [5.41, 5.74) is 7.77. The van der Waals surface area contributed by atoms with Gasteiger partial charge in [-0.15, -0.1) is 0 Å². The van der Waals surface area contributed by atoms with Crippen LogP contribution in [0.2, 0.25) is 0 Å². The predicted octanol–water partition coefficient (Wildman–Crippen LogP) is 6.67. The molecule has 5 aromatic rings. The number of hydrogen-bond donors (Lipinski definition) is 1. The second kappa shape index (κ2) is 4.60. The molecule has 6 rings (SSSR count). The molecule has 1 N–H and O–H groups in total. The minimum Gasteiger partial charge on any atom is -0.354 e. The average Bonchev–Trinajstić information content (AvgIpc) is 3.22. The first-order valence-electron chi connectivity index (χ1n) is 8.91. The van der Waals surface area contributed by atoms with Gasteiger partial charge in [-0.3, -0.25) is 0 Å². The van der Waals surface area contributed by atoms with Crippen LogP contribution in [0.25, 0.3) is 38.4 Å².